The highest BCUT2D eigenvalue weighted by atomic mass is 35.5. The van der Waals surface area contributed by atoms with Crippen molar-refractivity contribution in [2.75, 3.05) is 17.1 Å². The molecule has 3 aromatic carbocycles. The Kier molecular flexibility index (Phi) is 7.43. The first-order valence-corrected chi connectivity index (χ1v) is 11.5. The van der Waals surface area contributed by atoms with Crippen LogP contribution in [0.1, 0.15) is 12.5 Å². The number of halogens is 1. The molecular weight excluding hydrogens is 466 g/mol. The Morgan fingerprint density at radius 3 is 2.45 bits per heavy atom. The second-order valence-corrected chi connectivity index (χ2v) is 8.87. The van der Waals surface area contributed by atoms with Crippen LogP contribution in [0, 0.1) is 11.3 Å². The van der Waals surface area contributed by atoms with Crippen molar-refractivity contribution >= 4 is 38.9 Å². The van der Waals surface area contributed by atoms with E-state index in [2.05, 4.69) is 10.0 Å². The summed E-state index contributed by atoms with van der Waals surface area (Å²) >= 11 is 6.07. The number of nitrogens with zero attached hydrogens (tertiary/aromatic N) is 1. The third-order valence-electron chi connectivity index (χ3n) is 4.52. The molecule has 1 unspecified atom stereocenters. The quantitative estimate of drug-likeness (QED) is 0.487. The SMILES string of the molecule is COc1ccc(NC(=O)C(C)Oc2ccccc2C#N)cc1S(=O)(=O)Nc1ccccc1Cl. The number of methoxy groups -OCH3 is 1. The van der Waals surface area contributed by atoms with E-state index < -0.39 is 22.0 Å². The zero-order chi connectivity index (χ0) is 24.0. The molecule has 0 aliphatic carbocycles. The van der Waals surface area contributed by atoms with Crippen LogP contribution < -0.4 is 19.5 Å². The van der Waals surface area contributed by atoms with E-state index in [0.29, 0.717) is 5.56 Å². The van der Waals surface area contributed by atoms with Gasteiger partial charge in [0.1, 0.15) is 22.5 Å². The molecule has 0 heterocycles. The van der Waals surface area contributed by atoms with Crippen molar-refractivity contribution < 1.29 is 22.7 Å². The number of nitrogens with one attached hydrogen (secondary N) is 2. The maximum absolute atomic E-state index is 13.0. The highest BCUT2D eigenvalue weighted by Crippen LogP contribution is 2.31. The Bertz CT molecular complexity index is 1320. The van der Waals surface area contributed by atoms with Crippen molar-refractivity contribution in [2.45, 2.75) is 17.9 Å². The lowest BCUT2D eigenvalue weighted by atomic mass is 10.2. The number of amides is 1. The van der Waals surface area contributed by atoms with E-state index in [9.17, 15) is 18.5 Å². The van der Waals surface area contributed by atoms with Crippen molar-refractivity contribution in [1.82, 2.24) is 0 Å². The van der Waals surface area contributed by atoms with Crippen LogP contribution in [0.2, 0.25) is 5.02 Å². The number of nitriles is 1. The van der Waals surface area contributed by atoms with Gasteiger partial charge in [0.25, 0.3) is 15.9 Å². The minimum atomic E-state index is -4.09. The Morgan fingerprint density at radius 1 is 1.06 bits per heavy atom. The fraction of sp³-hybridized carbons (Fsp3) is 0.130. The number of rotatable bonds is 8. The molecule has 10 heteroatoms. The summed E-state index contributed by atoms with van der Waals surface area (Å²) in [5.74, 6) is -0.181. The van der Waals surface area contributed by atoms with Crippen LogP contribution in [0.3, 0.4) is 0 Å². The van der Waals surface area contributed by atoms with Crippen molar-refractivity contribution in [3.05, 3.63) is 77.3 Å². The highest BCUT2D eigenvalue weighted by Gasteiger charge is 2.23. The van der Waals surface area contributed by atoms with E-state index in [0.717, 1.165) is 0 Å². The summed E-state index contributed by atoms with van der Waals surface area (Å²) in [5, 5.41) is 12.0. The second-order valence-electron chi connectivity index (χ2n) is 6.81. The van der Waals surface area contributed by atoms with Gasteiger partial charge in [-0.05, 0) is 49.4 Å². The smallest absolute Gasteiger partial charge is 0.265 e. The number of anilines is 2. The Balaban J connectivity index is 1.82. The van der Waals surface area contributed by atoms with E-state index >= 15 is 0 Å². The van der Waals surface area contributed by atoms with Crippen molar-refractivity contribution in [1.29, 1.82) is 5.26 Å². The minimum absolute atomic E-state index is 0.0831. The molecule has 3 rings (SSSR count). The lowest BCUT2D eigenvalue weighted by Crippen LogP contribution is -2.30. The molecule has 0 radical (unpaired) electrons. The van der Waals surface area contributed by atoms with Gasteiger partial charge < -0.3 is 14.8 Å². The molecule has 0 fully saturated rings. The van der Waals surface area contributed by atoms with E-state index in [4.69, 9.17) is 21.1 Å². The number of sulfonamides is 1. The zero-order valence-electron chi connectivity index (χ0n) is 17.7. The second kappa shape index (κ2) is 10.3. The van der Waals surface area contributed by atoms with Gasteiger partial charge in [-0.25, -0.2) is 8.42 Å². The third-order valence-corrected chi connectivity index (χ3v) is 6.24. The van der Waals surface area contributed by atoms with Gasteiger partial charge in [0.2, 0.25) is 0 Å². The predicted molar refractivity (Wildman–Crippen MR) is 125 cm³/mol. The van der Waals surface area contributed by atoms with Crippen molar-refractivity contribution in [3.63, 3.8) is 0 Å². The molecule has 3 aromatic rings. The molecule has 0 saturated carbocycles. The first kappa shape index (κ1) is 23.9. The van der Waals surface area contributed by atoms with Gasteiger partial charge in [0, 0.05) is 5.69 Å². The Labute approximate surface area is 196 Å². The summed E-state index contributed by atoms with van der Waals surface area (Å²) in [7, 11) is -2.75. The van der Waals surface area contributed by atoms with Crippen LogP contribution in [0.4, 0.5) is 11.4 Å². The van der Waals surface area contributed by atoms with Crippen LogP contribution in [0.15, 0.2) is 71.6 Å². The summed E-state index contributed by atoms with van der Waals surface area (Å²) < 4.78 is 39.2. The number of carbonyl (C=O) groups is 1. The van der Waals surface area contributed by atoms with E-state index in [-0.39, 0.29) is 32.8 Å². The number of ether oxygens (including phenoxy) is 2. The number of hydrogen-bond donors (Lipinski definition) is 2. The summed E-state index contributed by atoms with van der Waals surface area (Å²) in [6.45, 7) is 1.52. The maximum Gasteiger partial charge on any atom is 0.265 e. The van der Waals surface area contributed by atoms with E-state index in [1.165, 1.54) is 38.3 Å². The summed E-state index contributed by atoms with van der Waals surface area (Å²) in [6, 6.07) is 19.1. The average Bonchev–Trinajstić information content (AvgIpc) is 2.80. The molecule has 0 aliphatic rings. The van der Waals surface area contributed by atoms with E-state index in [1.54, 1.807) is 42.5 Å². The zero-order valence-corrected chi connectivity index (χ0v) is 19.3. The molecule has 33 heavy (non-hydrogen) atoms. The standard InChI is InChI=1S/C23H20ClN3O5S/c1-15(32-20-10-6-3-7-16(20)14-25)23(28)26-17-11-12-21(31-2)22(13-17)33(29,30)27-19-9-5-4-8-18(19)24/h3-13,15,27H,1-2H3,(H,26,28). The maximum atomic E-state index is 13.0. The van der Waals surface area contributed by atoms with Gasteiger partial charge >= 0.3 is 0 Å². The van der Waals surface area contributed by atoms with Gasteiger partial charge in [-0.15, -0.1) is 0 Å². The monoisotopic (exact) mass is 485 g/mol. The molecule has 8 nitrogen and oxygen atoms in total. The molecule has 0 spiro atoms. The van der Waals surface area contributed by atoms with Crippen LogP contribution in [-0.4, -0.2) is 27.5 Å². The number of carbonyl (C=O) groups excluding carboxylic acids is 1. The van der Waals surface area contributed by atoms with Gasteiger partial charge in [-0.3, -0.25) is 9.52 Å². The average molecular weight is 486 g/mol. The molecule has 170 valence electrons. The minimum Gasteiger partial charge on any atom is -0.495 e. The van der Waals surface area contributed by atoms with Gasteiger partial charge in [0.15, 0.2) is 6.10 Å². The molecule has 0 bridgehead atoms. The first-order chi connectivity index (χ1) is 15.7. The normalized spacial score (nSPS) is 11.7. The largest absolute Gasteiger partial charge is 0.495 e. The number of hydrogen-bond acceptors (Lipinski definition) is 6. The van der Waals surface area contributed by atoms with Gasteiger partial charge in [-0.1, -0.05) is 35.9 Å². The molecule has 2 N–H and O–H groups in total. The summed E-state index contributed by atoms with van der Waals surface area (Å²) in [4.78, 5) is 12.4. The topological polar surface area (TPSA) is 118 Å². The molecule has 1 atom stereocenters. The highest BCUT2D eigenvalue weighted by molar-refractivity contribution is 7.92. The number of benzene rings is 3. The van der Waals surface area contributed by atoms with E-state index in [1.807, 2.05) is 6.07 Å². The summed E-state index contributed by atoms with van der Waals surface area (Å²) in [5.41, 5.74) is 0.707. The molecule has 0 aromatic heterocycles. The predicted octanol–water partition coefficient (Wildman–Crippen LogP) is 4.43. The van der Waals surface area contributed by atoms with Crippen molar-refractivity contribution in [2.24, 2.45) is 0 Å². The van der Waals surface area contributed by atoms with Crippen LogP contribution in [0.25, 0.3) is 0 Å². The fourth-order valence-corrected chi connectivity index (χ4v) is 4.37. The lowest BCUT2D eigenvalue weighted by Gasteiger charge is -2.17. The summed E-state index contributed by atoms with van der Waals surface area (Å²) in [6.07, 6.45) is -0.956. The lowest BCUT2D eigenvalue weighted by molar-refractivity contribution is -0.122. The Hall–Kier alpha value is -3.74. The van der Waals surface area contributed by atoms with Gasteiger partial charge in [0.05, 0.1) is 23.4 Å². The third kappa shape index (κ3) is 5.74. The van der Waals surface area contributed by atoms with Crippen LogP contribution >= 0.6 is 11.6 Å². The Morgan fingerprint density at radius 2 is 1.76 bits per heavy atom. The first-order valence-electron chi connectivity index (χ1n) is 9.67. The van der Waals surface area contributed by atoms with Gasteiger partial charge in [-0.2, -0.15) is 5.26 Å². The molecule has 1 amide bonds. The molecule has 0 aliphatic heterocycles. The molecular formula is C23H20ClN3O5S. The van der Waals surface area contributed by atoms with Crippen LogP contribution in [-0.2, 0) is 14.8 Å². The fourth-order valence-electron chi connectivity index (χ4n) is 2.86. The molecule has 0 saturated heterocycles. The van der Waals surface area contributed by atoms with Crippen LogP contribution in [0.5, 0.6) is 11.5 Å². The number of para-hydroxylation sites is 2. The van der Waals surface area contributed by atoms with Crippen molar-refractivity contribution in [3.8, 4) is 17.6 Å².